The average Bonchev–Trinajstić information content (AvgIpc) is 2.44. The van der Waals surface area contributed by atoms with Crippen LogP contribution in [-0.2, 0) is 9.47 Å². The minimum atomic E-state index is -0.494. The van der Waals surface area contributed by atoms with Crippen molar-refractivity contribution in [1.29, 1.82) is 0 Å². The van der Waals surface area contributed by atoms with Gasteiger partial charge in [0.2, 0.25) is 0 Å². The van der Waals surface area contributed by atoms with E-state index in [1.165, 1.54) is 6.42 Å². The van der Waals surface area contributed by atoms with Gasteiger partial charge in [0.25, 0.3) is 0 Å². The number of ether oxygens (including phenoxy) is 2. The van der Waals surface area contributed by atoms with E-state index in [0.29, 0.717) is 13.2 Å². The lowest BCUT2D eigenvalue weighted by Gasteiger charge is -2.51. The van der Waals surface area contributed by atoms with Gasteiger partial charge in [-0.2, -0.15) is 0 Å². The fourth-order valence-corrected chi connectivity index (χ4v) is 3.42. The molecular formula is C18H24BrNO3. The minimum Gasteiger partial charge on any atom is -0.444 e. The second-order valence-corrected chi connectivity index (χ2v) is 8.44. The summed E-state index contributed by atoms with van der Waals surface area (Å²) in [6.45, 7) is 6.85. The van der Waals surface area contributed by atoms with Crippen molar-refractivity contribution < 1.29 is 14.3 Å². The summed E-state index contributed by atoms with van der Waals surface area (Å²) in [4.78, 5) is 14.6. The van der Waals surface area contributed by atoms with E-state index < -0.39 is 5.60 Å². The maximum atomic E-state index is 12.7. The number of hydrogen-bond acceptors (Lipinski definition) is 3. The molecule has 1 saturated heterocycles. The van der Waals surface area contributed by atoms with Gasteiger partial charge in [0.15, 0.2) is 0 Å². The summed E-state index contributed by atoms with van der Waals surface area (Å²) in [6.07, 6.45) is 2.98. The Morgan fingerprint density at radius 3 is 2.48 bits per heavy atom. The number of benzene rings is 1. The maximum Gasteiger partial charge on any atom is 0.410 e. The minimum absolute atomic E-state index is 0.0934. The Balaban J connectivity index is 1.84. The Hall–Kier alpha value is -1.07. The molecule has 1 heterocycles. The summed E-state index contributed by atoms with van der Waals surface area (Å²) < 4.78 is 12.8. The first-order chi connectivity index (χ1) is 10.8. The van der Waals surface area contributed by atoms with Crippen LogP contribution >= 0.6 is 15.9 Å². The smallest absolute Gasteiger partial charge is 0.410 e. The molecule has 1 aliphatic heterocycles. The lowest BCUT2D eigenvalue weighted by atomic mass is 9.78. The van der Waals surface area contributed by atoms with Crippen molar-refractivity contribution in [2.45, 2.75) is 57.3 Å². The number of rotatable bonds is 1. The van der Waals surface area contributed by atoms with Crippen LogP contribution in [0.1, 0.15) is 51.6 Å². The molecule has 3 rings (SSSR count). The first kappa shape index (κ1) is 16.8. The van der Waals surface area contributed by atoms with Gasteiger partial charge in [-0.15, -0.1) is 0 Å². The van der Waals surface area contributed by atoms with E-state index in [0.717, 1.165) is 22.9 Å². The topological polar surface area (TPSA) is 38.8 Å². The summed E-state index contributed by atoms with van der Waals surface area (Å²) in [5.74, 6) is 0. The molecule has 23 heavy (non-hydrogen) atoms. The Morgan fingerprint density at radius 2 is 1.96 bits per heavy atom. The van der Waals surface area contributed by atoms with Gasteiger partial charge in [-0.25, -0.2) is 4.79 Å². The summed E-state index contributed by atoms with van der Waals surface area (Å²) >= 11 is 3.46. The van der Waals surface area contributed by atoms with Gasteiger partial charge in [-0.1, -0.05) is 28.1 Å². The number of nitrogens with zero attached hydrogens (tertiary/aromatic N) is 1. The van der Waals surface area contributed by atoms with Crippen LogP contribution in [0, 0.1) is 0 Å². The van der Waals surface area contributed by atoms with Gasteiger partial charge < -0.3 is 9.47 Å². The molecule has 0 aromatic heterocycles. The van der Waals surface area contributed by atoms with Crippen LogP contribution in [0.3, 0.4) is 0 Å². The largest absolute Gasteiger partial charge is 0.444 e. The summed E-state index contributed by atoms with van der Waals surface area (Å²) in [5, 5.41) is 0. The van der Waals surface area contributed by atoms with Gasteiger partial charge in [0.1, 0.15) is 5.60 Å². The van der Waals surface area contributed by atoms with Crippen molar-refractivity contribution in [2.24, 2.45) is 0 Å². The lowest BCUT2D eigenvalue weighted by Crippen LogP contribution is -2.58. The third kappa shape index (κ3) is 3.72. The Kier molecular flexibility index (Phi) is 4.45. The second kappa shape index (κ2) is 6.10. The van der Waals surface area contributed by atoms with Crippen LogP contribution in [0.2, 0.25) is 0 Å². The molecule has 0 N–H and O–H groups in total. The predicted molar refractivity (Wildman–Crippen MR) is 92.4 cm³/mol. The van der Waals surface area contributed by atoms with E-state index in [1.807, 2.05) is 49.9 Å². The maximum absolute atomic E-state index is 12.7. The lowest BCUT2D eigenvalue weighted by molar-refractivity contribution is -0.168. The molecule has 1 unspecified atom stereocenters. The second-order valence-electron chi connectivity index (χ2n) is 7.52. The molecule has 1 saturated carbocycles. The molecule has 1 spiro atoms. The van der Waals surface area contributed by atoms with Crippen molar-refractivity contribution in [3.05, 3.63) is 34.3 Å². The number of halogens is 1. The van der Waals surface area contributed by atoms with E-state index in [1.54, 1.807) is 0 Å². The fourth-order valence-electron chi connectivity index (χ4n) is 3.16. The molecular weight excluding hydrogens is 358 g/mol. The van der Waals surface area contributed by atoms with Crippen molar-refractivity contribution in [2.75, 3.05) is 13.2 Å². The number of carbonyl (C=O) groups is 1. The standard InChI is InChI=1S/C18H24BrNO3/c1-17(2,3)23-16(21)20-12-18(9-4-10-18)22-11-15(20)13-5-7-14(19)8-6-13/h5-8,15H,4,9-12H2,1-3H3. The van der Waals surface area contributed by atoms with E-state index in [2.05, 4.69) is 15.9 Å². The highest BCUT2D eigenvalue weighted by atomic mass is 79.9. The van der Waals surface area contributed by atoms with Crippen LogP contribution in [0.25, 0.3) is 0 Å². The van der Waals surface area contributed by atoms with E-state index in [4.69, 9.17) is 9.47 Å². The van der Waals surface area contributed by atoms with E-state index >= 15 is 0 Å². The molecule has 1 aromatic rings. The molecule has 1 aromatic carbocycles. The number of hydrogen-bond donors (Lipinski definition) is 0. The van der Waals surface area contributed by atoms with Crippen molar-refractivity contribution in [3.63, 3.8) is 0 Å². The number of amides is 1. The third-order valence-corrected chi connectivity index (χ3v) is 5.06. The molecule has 2 fully saturated rings. The predicted octanol–water partition coefficient (Wildman–Crippen LogP) is 4.68. The van der Waals surface area contributed by atoms with Crippen LogP contribution < -0.4 is 0 Å². The molecule has 0 bridgehead atoms. The van der Waals surface area contributed by atoms with E-state index in [9.17, 15) is 4.79 Å². The molecule has 126 valence electrons. The zero-order valence-electron chi connectivity index (χ0n) is 14.0. The van der Waals surface area contributed by atoms with Gasteiger partial charge in [-0.05, 0) is 57.7 Å². The summed E-state index contributed by atoms with van der Waals surface area (Å²) in [5.41, 5.74) is 0.433. The highest BCUT2D eigenvalue weighted by Crippen LogP contribution is 2.43. The first-order valence-electron chi connectivity index (χ1n) is 8.17. The molecule has 1 atom stereocenters. The van der Waals surface area contributed by atoms with Crippen LogP contribution in [0.4, 0.5) is 4.79 Å². The highest BCUT2D eigenvalue weighted by molar-refractivity contribution is 9.10. The summed E-state index contributed by atoms with van der Waals surface area (Å²) in [6, 6.07) is 7.97. The summed E-state index contributed by atoms with van der Waals surface area (Å²) in [7, 11) is 0. The molecule has 4 nitrogen and oxygen atoms in total. The molecule has 0 radical (unpaired) electrons. The Morgan fingerprint density at radius 1 is 1.30 bits per heavy atom. The van der Waals surface area contributed by atoms with Crippen molar-refractivity contribution in [1.82, 2.24) is 4.90 Å². The third-order valence-electron chi connectivity index (χ3n) is 4.53. The average molecular weight is 382 g/mol. The Bertz CT molecular complexity index is 575. The normalized spacial score (nSPS) is 23.5. The fraction of sp³-hybridized carbons (Fsp3) is 0.611. The monoisotopic (exact) mass is 381 g/mol. The van der Waals surface area contributed by atoms with Gasteiger partial charge in [0, 0.05) is 4.47 Å². The zero-order valence-corrected chi connectivity index (χ0v) is 15.6. The van der Waals surface area contributed by atoms with Crippen molar-refractivity contribution in [3.8, 4) is 0 Å². The molecule has 1 amide bonds. The quantitative estimate of drug-likeness (QED) is 0.708. The van der Waals surface area contributed by atoms with Gasteiger partial charge in [0.05, 0.1) is 24.8 Å². The van der Waals surface area contributed by atoms with E-state index in [-0.39, 0.29) is 17.7 Å². The zero-order chi connectivity index (χ0) is 16.7. The molecule has 2 aliphatic rings. The van der Waals surface area contributed by atoms with Gasteiger partial charge in [-0.3, -0.25) is 4.90 Å². The molecule has 5 heteroatoms. The van der Waals surface area contributed by atoms with Gasteiger partial charge >= 0.3 is 6.09 Å². The SMILES string of the molecule is CC(C)(C)OC(=O)N1CC2(CCC2)OCC1c1ccc(Br)cc1. The van der Waals surface area contributed by atoms with Crippen molar-refractivity contribution >= 4 is 22.0 Å². The van der Waals surface area contributed by atoms with Crippen LogP contribution in [-0.4, -0.2) is 35.3 Å². The van der Waals surface area contributed by atoms with Crippen LogP contribution in [0.5, 0.6) is 0 Å². The number of morpholine rings is 1. The number of carbonyl (C=O) groups excluding carboxylic acids is 1. The highest BCUT2D eigenvalue weighted by Gasteiger charge is 2.47. The first-order valence-corrected chi connectivity index (χ1v) is 8.96. The Labute approximate surface area is 146 Å². The molecule has 1 aliphatic carbocycles. The van der Waals surface area contributed by atoms with Crippen LogP contribution in [0.15, 0.2) is 28.7 Å².